The van der Waals surface area contributed by atoms with E-state index in [4.69, 9.17) is 0 Å². The topological polar surface area (TPSA) is 40.5 Å². The van der Waals surface area contributed by atoms with E-state index in [-0.39, 0.29) is 11.7 Å². The molecule has 21 heavy (non-hydrogen) atoms. The Kier molecular flexibility index (Phi) is 3.26. The highest BCUT2D eigenvalue weighted by molar-refractivity contribution is 6.06. The second-order valence-corrected chi connectivity index (χ2v) is 5.50. The average Bonchev–Trinajstić information content (AvgIpc) is 2.48. The van der Waals surface area contributed by atoms with E-state index in [1.807, 2.05) is 24.3 Å². The number of rotatable bonds is 1. The molecule has 3 nitrogen and oxygen atoms in total. The quantitative estimate of drug-likeness (QED) is 0.874. The molecule has 0 spiro atoms. The van der Waals surface area contributed by atoms with E-state index in [9.17, 15) is 14.3 Å². The molecule has 1 heterocycles. The first-order chi connectivity index (χ1) is 9.99. The first-order valence-corrected chi connectivity index (χ1v) is 6.88. The maximum Gasteiger partial charge on any atom is 0.258 e. The number of anilines is 1. The van der Waals surface area contributed by atoms with Gasteiger partial charge in [0.15, 0.2) is 0 Å². The molecular weight excluding hydrogens is 269 g/mol. The zero-order chi connectivity index (χ0) is 15.0. The summed E-state index contributed by atoms with van der Waals surface area (Å²) >= 11 is 0. The fourth-order valence-corrected chi connectivity index (χ4v) is 2.71. The number of carbonyl (C=O) groups excluding carboxylic acids is 1. The molecule has 0 saturated carbocycles. The molecule has 1 aliphatic heterocycles. The zero-order valence-corrected chi connectivity index (χ0v) is 11.7. The van der Waals surface area contributed by atoms with E-state index in [1.54, 1.807) is 11.8 Å². The predicted molar refractivity (Wildman–Crippen MR) is 78.7 cm³/mol. The molecule has 108 valence electrons. The maximum atomic E-state index is 13.0. The summed E-state index contributed by atoms with van der Waals surface area (Å²) in [6.45, 7) is 2.19. The van der Waals surface area contributed by atoms with Gasteiger partial charge in [-0.25, -0.2) is 4.39 Å². The number of amides is 1. The van der Waals surface area contributed by atoms with Crippen LogP contribution in [-0.2, 0) is 5.60 Å². The van der Waals surface area contributed by atoms with Crippen LogP contribution >= 0.6 is 0 Å². The minimum atomic E-state index is -0.934. The lowest BCUT2D eigenvalue weighted by molar-refractivity contribution is 0.0450. The fourth-order valence-electron chi connectivity index (χ4n) is 2.71. The van der Waals surface area contributed by atoms with Crippen molar-refractivity contribution in [2.75, 3.05) is 11.4 Å². The Hall–Kier alpha value is -2.20. The van der Waals surface area contributed by atoms with Crippen molar-refractivity contribution in [3.8, 4) is 0 Å². The third-order valence-corrected chi connectivity index (χ3v) is 3.93. The van der Waals surface area contributed by atoms with Crippen molar-refractivity contribution in [1.82, 2.24) is 0 Å². The van der Waals surface area contributed by atoms with Gasteiger partial charge < -0.3 is 10.0 Å². The lowest BCUT2D eigenvalue weighted by Gasteiger charge is -2.38. The first-order valence-electron chi connectivity index (χ1n) is 6.88. The van der Waals surface area contributed by atoms with Gasteiger partial charge in [0.25, 0.3) is 5.91 Å². The van der Waals surface area contributed by atoms with Crippen molar-refractivity contribution in [2.24, 2.45) is 0 Å². The summed E-state index contributed by atoms with van der Waals surface area (Å²) in [5.74, 6) is -0.550. The molecule has 0 radical (unpaired) electrons. The lowest BCUT2D eigenvalue weighted by atomic mass is 9.87. The van der Waals surface area contributed by atoms with E-state index >= 15 is 0 Å². The van der Waals surface area contributed by atoms with Gasteiger partial charge in [0.1, 0.15) is 5.82 Å². The van der Waals surface area contributed by atoms with Crippen LogP contribution in [0.25, 0.3) is 0 Å². The van der Waals surface area contributed by atoms with Crippen LogP contribution in [0.3, 0.4) is 0 Å². The van der Waals surface area contributed by atoms with Gasteiger partial charge in [-0.2, -0.15) is 0 Å². The minimum absolute atomic E-state index is 0.182. The molecule has 2 aromatic carbocycles. The molecule has 0 fully saturated rings. The Morgan fingerprint density at radius 3 is 2.57 bits per heavy atom. The molecule has 0 aromatic heterocycles. The summed E-state index contributed by atoms with van der Waals surface area (Å²) in [5.41, 5.74) is 0.957. The van der Waals surface area contributed by atoms with Gasteiger partial charge in [0.2, 0.25) is 0 Å². The molecule has 0 bridgehead atoms. The molecule has 0 aliphatic carbocycles. The van der Waals surface area contributed by atoms with Gasteiger partial charge in [-0.05, 0) is 43.7 Å². The molecule has 1 atom stereocenters. The van der Waals surface area contributed by atoms with Crippen LogP contribution in [0.5, 0.6) is 0 Å². The van der Waals surface area contributed by atoms with E-state index in [1.165, 1.54) is 24.3 Å². The van der Waals surface area contributed by atoms with Crippen molar-refractivity contribution in [2.45, 2.75) is 18.9 Å². The molecule has 4 heteroatoms. The third-order valence-electron chi connectivity index (χ3n) is 3.93. The van der Waals surface area contributed by atoms with Gasteiger partial charge in [-0.3, -0.25) is 4.79 Å². The van der Waals surface area contributed by atoms with Gasteiger partial charge in [0, 0.05) is 17.7 Å². The van der Waals surface area contributed by atoms with Crippen LogP contribution in [0.1, 0.15) is 29.3 Å². The summed E-state index contributed by atoms with van der Waals surface area (Å²) in [5, 5.41) is 10.4. The van der Waals surface area contributed by atoms with E-state index in [0.717, 1.165) is 5.56 Å². The minimum Gasteiger partial charge on any atom is -0.385 e. The van der Waals surface area contributed by atoms with Crippen LogP contribution in [0.4, 0.5) is 10.1 Å². The molecular formula is C17H16FNO2. The molecule has 1 unspecified atom stereocenters. The van der Waals surface area contributed by atoms with Crippen molar-refractivity contribution in [3.05, 3.63) is 65.5 Å². The van der Waals surface area contributed by atoms with Crippen molar-refractivity contribution in [1.29, 1.82) is 0 Å². The number of benzene rings is 2. The highest BCUT2D eigenvalue weighted by Crippen LogP contribution is 2.38. The molecule has 1 amide bonds. The predicted octanol–water partition coefficient (Wildman–Crippen LogP) is 3.08. The maximum absolute atomic E-state index is 13.0. The summed E-state index contributed by atoms with van der Waals surface area (Å²) in [6, 6.07) is 12.9. The van der Waals surface area contributed by atoms with Gasteiger partial charge in [-0.1, -0.05) is 18.2 Å². The van der Waals surface area contributed by atoms with E-state index < -0.39 is 5.60 Å². The van der Waals surface area contributed by atoms with Crippen molar-refractivity contribution >= 4 is 11.6 Å². The second-order valence-electron chi connectivity index (χ2n) is 5.50. The standard InChI is InChI=1S/C17H16FNO2/c1-17(21)10-11-19(15-5-3-2-4-14(15)17)16(20)12-6-8-13(18)9-7-12/h2-9,21H,10-11H2,1H3. The van der Waals surface area contributed by atoms with Gasteiger partial charge >= 0.3 is 0 Å². The summed E-state index contributed by atoms with van der Waals surface area (Å²) in [7, 11) is 0. The molecule has 0 saturated heterocycles. The van der Waals surface area contributed by atoms with Gasteiger partial charge in [0.05, 0.1) is 11.3 Å². The highest BCUT2D eigenvalue weighted by Gasteiger charge is 2.35. The normalized spacial score (nSPS) is 21.0. The molecule has 1 aliphatic rings. The third kappa shape index (κ3) is 2.43. The Morgan fingerprint density at radius 2 is 1.86 bits per heavy atom. The number of halogens is 1. The van der Waals surface area contributed by atoms with E-state index in [0.29, 0.717) is 24.2 Å². The molecule has 1 N–H and O–H groups in total. The number of hydrogen-bond acceptors (Lipinski definition) is 2. The number of carbonyl (C=O) groups is 1. The summed E-state index contributed by atoms with van der Waals surface area (Å²) in [6.07, 6.45) is 0.469. The Labute approximate surface area is 122 Å². The molecule has 2 aromatic rings. The van der Waals surface area contributed by atoms with Gasteiger partial charge in [-0.15, -0.1) is 0 Å². The van der Waals surface area contributed by atoms with Crippen LogP contribution in [0.2, 0.25) is 0 Å². The molecule has 3 rings (SSSR count). The zero-order valence-electron chi connectivity index (χ0n) is 11.7. The Balaban J connectivity index is 2.00. The number of hydrogen-bond donors (Lipinski definition) is 1. The SMILES string of the molecule is CC1(O)CCN(C(=O)c2ccc(F)cc2)c2ccccc21. The Morgan fingerprint density at radius 1 is 1.19 bits per heavy atom. The monoisotopic (exact) mass is 285 g/mol. The van der Waals surface area contributed by atoms with Crippen LogP contribution < -0.4 is 4.90 Å². The number of para-hydroxylation sites is 1. The second kappa shape index (κ2) is 4.97. The van der Waals surface area contributed by atoms with Crippen LogP contribution in [0.15, 0.2) is 48.5 Å². The van der Waals surface area contributed by atoms with Crippen molar-refractivity contribution in [3.63, 3.8) is 0 Å². The average molecular weight is 285 g/mol. The number of fused-ring (bicyclic) bond motifs is 1. The number of nitrogens with zero attached hydrogens (tertiary/aromatic N) is 1. The first kappa shape index (κ1) is 13.8. The Bertz CT molecular complexity index is 679. The largest absolute Gasteiger partial charge is 0.385 e. The highest BCUT2D eigenvalue weighted by atomic mass is 19.1. The van der Waals surface area contributed by atoms with Crippen molar-refractivity contribution < 1.29 is 14.3 Å². The smallest absolute Gasteiger partial charge is 0.258 e. The van der Waals surface area contributed by atoms with Crippen LogP contribution in [-0.4, -0.2) is 17.6 Å². The fraction of sp³-hybridized carbons (Fsp3) is 0.235. The van der Waals surface area contributed by atoms with Crippen LogP contribution in [0, 0.1) is 5.82 Å². The summed E-state index contributed by atoms with van der Waals surface area (Å²) in [4.78, 5) is 14.2. The number of aliphatic hydroxyl groups is 1. The van der Waals surface area contributed by atoms with E-state index in [2.05, 4.69) is 0 Å². The lowest BCUT2D eigenvalue weighted by Crippen LogP contribution is -2.42. The summed E-state index contributed by atoms with van der Waals surface area (Å²) < 4.78 is 13.0.